The van der Waals surface area contributed by atoms with Crippen LogP contribution in [0, 0.1) is 5.92 Å². The van der Waals surface area contributed by atoms with Gasteiger partial charge in [0.25, 0.3) is 5.91 Å². The summed E-state index contributed by atoms with van der Waals surface area (Å²) in [6, 6.07) is 13.7. The first-order valence-corrected chi connectivity index (χ1v) is 14.2. The number of alkyl halides is 2. The highest BCUT2D eigenvalue weighted by atomic mass is 19.1. The summed E-state index contributed by atoms with van der Waals surface area (Å²) in [5.74, 6) is 0.173. The number of likely N-dealkylation sites (tertiary alicyclic amines) is 1. The lowest BCUT2D eigenvalue weighted by Gasteiger charge is -2.34. The second-order valence-electron chi connectivity index (χ2n) is 11.0. The highest BCUT2D eigenvalue weighted by molar-refractivity contribution is 5.94. The second-order valence-corrected chi connectivity index (χ2v) is 11.0. The van der Waals surface area contributed by atoms with Crippen LogP contribution >= 0.6 is 0 Å². The lowest BCUT2D eigenvalue weighted by atomic mass is 9.91. The first-order chi connectivity index (χ1) is 18.6. The minimum absolute atomic E-state index is 0.0141. The van der Waals surface area contributed by atoms with Crippen molar-refractivity contribution < 1.29 is 18.4 Å². The fraction of sp³-hybridized carbons (Fsp3) is 0.548. The van der Waals surface area contributed by atoms with E-state index in [1.807, 2.05) is 52.3 Å². The Labute approximate surface area is 224 Å². The first-order valence-electron chi connectivity index (χ1n) is 14.2. The van der Waals surface area contributed by atoms with Crippen molar-refractivity contribution in [2.24, 2.45) is 5.92 Å². The van der Waals surface area contributed by atoms with Crippen molar-refractivity contribution in [1.82, 2.24) is 14.7 Å². The number of rotatable bonds is 8. The number of piperazine rings is 1. The van der Waals surface area contributed by atoms with Gasteiger partial charge in [-0.3, -0.25) is 14.5 Å². The Kier molecular flexibility index (Phi) is 8.72. The molecule has 2 aliphatic heterocycles. The van der Waals surface area contributed by atoms with E-state index < -0.39 is 6.67 Å². The molecule has 3 aliphatic rings. The number of nitrogens with zero attached hydrogens (tertiary/aromatic N) is 3. The third-order valence-electron chi connectivity index (χ3n) is 8.71. The Morgan fingerprint density at radius 3 is 2.21 bits per heavy atom. The highest BCUT2D eigenvalue weighted by Gasteiger charge is 2.36. The number of hydrogen-bond acceptors (Lipinski definition) is 3. The Morgan fingerprint density at radius 2 is 1.53 bits per heavy atom. The zero-order valence-corrected chi connectivity index (χ0v) is 22.2. The van der Waals surface area contributed by atoms with Crippen LogP contribution in [-0.2, 0) is 17.9 Å². The first kappa shape index (κ1) is 26.8. The molecule has 0 spiro atoms. The second kappa shape index (κ2) is 12.4. The maximum Gasteiger partial charge on any atom is 0.253 e. The van der Waals surface area contributed by atoms with Crippen LogP contribution < -0.4 is 0 Å². The molecule has 0 radical (unpaired) electrons. The minimum Gasteiger partial charge on any atom is -0.339 e. The lowest BCUT2D eigenvalue weighted by Crippen LogP contribution is -2.49. The molecule has 1 atom stereocenters. The zero-order chi connectivity index (χ0) is 26.5. The molecule has 2 aromatic rings. The van der Waals surface area contributed by atoms with Crippen LogP contribution in [0.25, 0.3) is 11.1 Å². The average Bonchev–Trinajstić information content (AvgIpc) is 3.33. The van der Waals surface area contributed by atoms with Crippen molar-refractivity contribution in [2.45, 2.75) is 57.7 Å². The highest BCUT2D eigenvalue weighted by Crippen LogP contribution is 2.32. The van der Waals surface area contributed by atoms with E-state index in [-0.39, 0.29) is 24.4 Å². The smallest absolute Gasteiger partial charge is 0.253 e. The maximum absolute atomic E-state index is 14.1. The van der Waals surface area contributed by atoms with E-state index in [2.05, 4.69) is 4.90 Å². The molecule has 38 heavy (non-hydrogen) atoms. The minimum atomic E-state index is -0.568. The fourth-order valence-electron chi connectivity index (χ4n) is 6.38. The summed E-state index contributed by atoms with van der Waals surface area (Å²) in [5, 5.41) is 0. The van der Waals surface area contributed by atoms with E-state index in [0.29, 0.717) is 56.3 Å². The van der Waals surface area contributed by atoms with Gasteiger partial charge in [0.05, 0.1) is 0 Å². The van der Waals surface area contributed by atoms with E-state index in [0.717, 1.165) is 42.5 Å². The summed E-state index contributed by atoms with van der Waals surface area (Å²) in [7, 11) is 0. The van der Waals surface area contributed by atoms with Gasteiger partial charge in [-0.25, -0.2) is 8.78 Å². The molecule has 0 aromatic heterocycles. The quantitative estimate of drug-likeness (QED) is 0.473. The molecule has 5 rings (SSSR count). The monoisotopic (exact) mass is 523 g/mol. The summed E-state index contributed by atoms with van der Waals surface area (Å²) in [5.41, 5.74) is 4.01. The van der Waals surface area contributed by atoms with Crippen molar-refractivity contribution in [3.8, 4) is 11.1 Å². The van der Waals surface area contributed by atoms with Crippen LogP contribution in [0.3, 0.4) is 0 Å². The van der Waals surface area contributed by atoms with Crippen LogP contribution in [0.2, 0.25) is 0 Å². The number of hydrogen-bond donors (Lipinski definition) is 0. The van der Waals surface area contributed by atoms with Gasteiger partial charge in [0, 0.05) is 56.8 Å². The molecule has 7 heteroatoms. The lowest BCUT2D eigenvalue weighted by molar-refractivity contribution is -0.133. The van der Waals surface area contributed by atoms with Crippen molar-refractivity contribution in [3.05, 3.63) is 59.2 Å². The third-order valence-corrected chi connectivity index (χ3v) is 8.71. The molecule has 1 unspecified atom stereocenters. The van der Waals surface area contributed by atoms with Gasteiger partial charge < -0.3 is 9.80 Å². The van der Waals surface area contributed by atoms with Crippen LogP contribution in [0.1, 0.15) is 60.0 Å². The van der Waals surface area contributed by atoms with Crippen LogP contribution in [0.15, 0.2) is 42.5 Å². The summed E-state index contributed by atoms with van der Waals surface area (Å²) >= 11 is 0. The Hall–Kier alpha value is -2.80. The summed E-state index contributed by atoms with van der Waals surface area (Å²) in [6.07, 6.45) is 7.36. The number of amides is 2. The Balaban J connectivity index is 1.22. The van der Waals surface area contributed by atoms with E-state index in [4.69, 9.17) is 0 Å². The van der Waals surface area contributed by atoms with Gasteiger partial charge in [0.1, 0.15) is 13.3 Å². The summed E-state index contributed by atoms with van der Waals surface area (Å²) < 4.78 is 26.7. The molecule has 0 N–H and O–H groups in total. The number of carbonyl (C=O) groups is 2. The number of carbonyl (C=O) groups excluding carboxylic acids is 2. The zero-order valence-electron chi connectivity index (χ0n) is 22.2. The van der Waals surface area contributed by atoms with Crippen LogP contribution in [-0.4, -0.2) is 78.5 Å². The molecule has 204 valence electrons. The Morgan fingerprint density at radius 1 is 0.816 bits per heavy atom. The topological polar surface area (TPSA) is 43.9 Å². The summed E-state index contributed by atoms with van der Waals surface area (Å²) in [4.78, 5) is 32.0. The van der Waals surface area contributed by atoms with Gasteiger partial charge >= 0.3 is 0 Å². The maximum atomic E-state index is 14.1. The van der Waals surface area contributed by atoms with Gasteiger partial charge in [-0.05, 0) is 66.1 Å². The molecule has 1 aliphatic carbocycles. The summed E-state index contributed by atoms with van der Waals surface area (Å²) in [6.45, 7) is 2.91. The average molecular weight is 524 g/mol. The fourth-order valence-corrected chi connectivity index (χ4v) is 6.38. The van der Waals surface area contributed by atoms with Gasteiger partial charge in [-0.2, -0.15) is 0 Å². The van der Waals surface area contributed by atoms with E-state index in [9.17, 15) is 18.4 Å². The standard InChI is InChI=1S/C31H39F2N3O2/c32-13-15-34-16-18-35(19-17-34)30(37)24-8-6-23(7-9-24)25-10-11-26(28(21-25)22-33)20-27-12-14-36(31(27)38)29-4-2-1-3-5-29/h6-11,21,27,29H,1-5,12-20,22H2. The normalized spacial score (nSPS) is 21.3. The van der Waals surface area contributed by atoms with Crippen LogP contribution in [0.4, 0.5) is 8.78 Å². The number of benzene rings is 2. The Bertz CT molecular complexity index is 1110. The predicted molar refractivity (Wildman–Crippen MR) is 145 cm³/mol. The van der Waals surface area contributed by atoms with Crippen molar-refractivity contribution >= 4 is 11.8 Å². The molecule has 1 saturated carbocycles. The van der Waals surface area contributed by atoms with Crippen molar-refractivity contribution in [2.75, 3.05) is 45.9 Å². The van der Waals surface area contributed by atoms with Gasteiger partial charge in [0.2, 0.25) is 5.91 Å². The van der Waals surface area contributed by atoms with Crippen LogP contribution in [0.5, 0.6) is 0 Å². The molecule has 2 saturated heterocycles. The molecule has 2 heterocycles. The van der Waals surface area contributed by atoms with Gasteiger partial charge in [0.15, 0.2) is 0 Å². The SMILES string of the molecule is O=C(c1ccc(-c2ccc(CC3CCN(C4CCCCC4)C3=O)c(CF)c2)cc1)N1CCN(CCF)CC1. The molecule has 2 amide bonds. The van der Waals surface area contributed by atoms with E-state index in [1.54, 1.807) is 0 Å². The molecular weight excluding hydrogens is 484 g/mol. The van der Waals surface area contributed by atoms with E-state index >= 15 is 0 Å². The molecule has 3 fully saturated rings. The molecule has 0 bridgehead atoms. The largest absolute Gasteiger partial charge is 0.339 e. The number of halogens is 2. The van der Waals surface area contributed by atoms with E-state index in [1.165, 1.54) is 19.3 Å². The third kappa shape index (κ3) is 5.93. The molecule has 2 aromatic carbocycles. The van der Waals surface area contributed by atoms with Crippen molar-refractivity contribution in [1.29, 1.82) is 0 Å². The molecule has 5 nitrogen and oxygen atoms in total. The van der Waals surface area contributed by atoms with Crippen molar-refractivity contribution in [3.63, 3.8) is 0 Å². The predicted octanol–water partition coefficient (Wildman–Crippen LogP) is 5.27. The van der Waals surface area contributed by atoms with Gasteiger partial charge in [-0.1, -0.05) is 43.5 Å². The molecular formula is C31H39F2N3O2. The van der Waals surface area contributed by atoms with Gasteiger partial charge in [-0.15, -0.1) is 0 Å².